The molecule has 3 N–H and O–H groups in total. The van der Waals surface area contributed by atoms with Crippen LogP contribution in [0, 0.1) is 5.92 Å². The predicted molar refractivity (Wildman–Crippen MR) is 87.9 cm³/mol. The van der Waals surface area contributed by atoms with Gasteiger partial charge in [0.15, 0.2) is 0 Å². The van der Waals surface area contributed by atoms with Crippen molar-refractivity contribution in [3.05, 3.63) is 35.4 Å². The second kappa shape index (κ2) is 7.39. The molecule has 0 aromatic heterocycles. The molecule has 3 heteroatoms. The minimum Gasteiger partial charge on any atom is -0.376 e. The fourth-order valence-electron chi connectivity index (χ4n) is 3.58. The van der Waals surface area contributed by atoms with E-state index in [0.29, 0.717) is 0 Å². The van der Waals surface area contributed by atoms with Crippen LogP contribution in [0.3, 0.4) is 0 Å². The molecule has 0 amide bonds. The predicted octanol–water partition coefficient (Wildman–Crippen LogP) is 3.74. The van der Waals surface area contributed by atoms with Crippen LogP contribution in [0.25, 0.3) is 0 Å². The van der Waals surface area contributed by atoms with Crippen molar-refractivity contribution in [2.24, 2.45) is 11.8 Å². The summed E-state index contributed by atoms with van der Waals surface area (Å²) in [6.45, 7) is 4.53. The van der Waals surface area contributed by atoms with Gasteiger partial charge in [0.2, 0.25) is 0 Å². The lowest BCUT2D eigenvalue weighted by molar-refractivity contribution is -0.0761. The highest BCUT2D eigenvalue weighted by atomic mass is 16.5. The van der Waals surface area contributed by atoms with E-state index in [4.69, 9.17) is 10.6 Å². The van der Waals surface area contributed by atoms with E-state index in [1.54, 1.807) is 0 Å². The van der Waals surface area contributed by atoms with Crippen molar-refractivity contribution in [2.45, 2.75) is 64.0 Å². The topological polar surface area (TPSA) is 47.3 Å². The smallest absolute Gasteiger partial charge is 0.0885 e. The van der Waals surface area contributed by atoms with Gasteiger partial charge in [0, 0.05) is 7.11 Å². The molecule has 3 nitrogen and oxygen atoms in total. The molecule has 0 aliphatic heterocycles. The molecule has 0 heterocycles. The summed E-state index contributed by atoms with van der Waals surface area (Å²) in [6.07, 6.45) is 6.86. The molecule has 0 bridgehead atoms. The monoisotopic (exact) mass is 290 g/mol. The van der Waals surface area contributed by atoms with Gasteiger partial charge in [-0.2, -0.15) is 0 Å². The van der Waals surface area contributed by atoms with E-state index >= 15 is 0 Å². The van der Waals surface area contributed by atoms with Crippen LogP contribution < -0.4 is 11.3 Å². The largest absolute Gasteiger partial charge is 0.376 e. The molecule has 1 atom stereocenters. The molecule has 1 aromatic rings. The fraction of sp³-hybridized carbons (Fsp3) is 0.667. The summed E-state index contributed by atoms with van der Waals surface area (Å²) in [4.78, 5) is 0. The number of hydrogen-bond donors (Lipinski definition) is 2. The fourth-order valence-corrected chi connectivity index (χ4v) is 3.58. The molecule has 21 heavy (non-hydrogen) atoms. The maximum Gasteiger partial charge on any atom is 0.0885 e. The van der Waals surface area contributed by atoms with Crippen molar-refractivity contribution in [2.75, 3.05) is 7.11 Å². The number of ether oxygens (including phenoxy) is 1. The minimum absolute atomic E-state index is 0.0608. The van der Waals surface area contributed by atoms with E-state index in [1.807, 2.05) is 7.11 Å². The van der Waals surface area contributed by atoms with Crippen molar-refractivity contribution in [1.29, 1.82) is 0 Å². The number of hydrogen-bond acceptors (Lipinski definition) is 3. The Hall–Kier alpha value is -0.900. The number of nitrogens with two attached hydrogens (primary N) is 1. The number of hydrazine groups is 1. The van der Waals surface area contributed by atoms with Crippen LogP contribution in [0.1, 0.15) is 63.1 Å². The van der Waals surface area contributed by atoms with Gasteiger partial charge >= 0.3 is 0 Å². The molecule has 1 saturated carbocycles. The highest BCUT2D eigenvalue weighted by Crippen LogP contribution is 2.42. The standard InChI is InChI=1S/C18H30N2O/c1-4-5-15-6-8-16(9-7-15)17(20-19)18(21-3)12-10-14(2)11-13-18/h6-9,14,17,20H,4-5,10-13,19H2,1-3H3. The molecule has 118 valence electrons. The second-order valence-electron chi connectivity index (χ2n) is 6.54. The molecular weight excluding hydrogens is 260 g/mol. The average molecular weight is 290 g/mol. The first-order valence-corrected chi connectivity index (χ1v) is 8.25. The first-order valence-electron chi connectivity index (χ1n) is 8.25. The summed E-state index contributed by atoms with van der Waals surface area (Å²) in [5.74, 6) is 6.69. The van der Waals surface area contributed by atoms with Crippen molar-refractivity contribution >= 4 is 0 Å². The third kappa shape index (κ3) is 3.65. The Morgan fingerprint density at radius 3 is 2.38 bits per heavy atom. The van der Waals surface area contributed by atoms with Crippen LogP contribution >= 0.6 is 0 Å². The Morgan fingerprint density at radius 1 is 1.29 bits per heavy atom. The Labute approximate surface area is 129 Å². The van der Waals surface area contributed by atoms with Gasteiger partial charge in [-0.25, -0.2) is 0 Å². The lowest BCUT2D eigenvalue weighted by atomic mass is 9.73. The van der Waals surface area contributed by atoms with Gasteiger partial charge in [-0.1, -0.05) is 44.5 Å². The third-order valence-electron chi connectivity index (χ3n) is 5.07. The Bertz CT molecular complexity index is 421. The Balaban J connectivity index is 2.20. The lowest BCUT2D eigenvalue weighted by Crippen LogP contribution is -2.49. The molecule has 0 saturated heterocycles. The maximum atomic E-state index is 5.97. The van der Waals surface area contributed by atoms with Crippen molar-refractivity contribution in [3.63, 3.8) is 0 Å². The Morgan fingerprint density at radius 2 is 1.90 bits per heavy atom. The molecule has 1 unspecified atom stereocenters. The first kappa shape index (κ1) is 16.5. The lowest BCUT2D eigenvalue weighted by Gasteiger charge is -2.44. The molecule has 1 aliphatic rings. The normalized spacial score (nSPS) is 27.5. The number of benzene rings is 1. The molecule has 0 spiro atoms. The summed E-state index contributed by atoms with van der Waals surface area (Å²) in [7, 11) is 1.83. The minimum atomic E-state index is -0.173. The van der Waals surface area contributed by atoms with E-state index < -0.39 is 0 Å². The molecule has 1 fully saturated rings. The van der Waals surface area contributed by atoms with Crippen LogP contribution in [-0.2, 0) is 11.2 Å². The van der Waals surface area contributed by atoms with E-state index in [0.717, 1.165) is 25.2 Å². The van der Waals surface area contributed by atoms with E-state index in [9.17, 15) is 0 Å². The van der Waals surface area contributed by atoms with Gasteiger partial charge in [-0.3, -0.25) is 11.3 Å². The highest BCUT2D eigenvalue weighted by molar-refractivity contribution is 5.27. The summed E-state index contributed by atoms with van der Waals surface area (Å²) < 4.78 is 5.97. The highest BCUT2D eigenvalue weighted by Gasteiger charge is 2.41. The van der Waals surface area contributed by atoms with Crippen molar-refractivity contribution < 1.29 is 4.74 Å². The van der Waals surface area contributed by atoms with Crippen molar-refractivity contribution in [1.82, 2.24) is 5.43 Å². The third-order valence-corrected chi connectivity index (χ3v) is 5.07. The molecule has 1 aromatic carbocycles. The number of methoxy groups -OCH3 is 1. The van der Waals surface area contributed by atoms with Crippen LogP contribution in [-0.4, -0.2) is 12.7 Å². The Kier molecular flexibility index (Phi) is 5.80. The van der Waals surface area contributed by atoms with Crippen molar-refractivity contribution in [3.8, 4) is 0 Å². The zero-order chi connectivity index (χ0) is 15.3. The van der Waals surface area contributed by atoms with Gasteiger partial charge in [-0.15, -0.1) is 0 Å². The van der Waals surface area contributed by atoms with Crippen LogP contribution in [0.2, 0.25) is 0 Å². The summed E-state index contributed by atoms with van der Waals surface area (Å²) in [5, 5.41) is 0. The maximum absolute atomic E-state index is 5.97. The molecule has 1 aliphatic carbocycles. The summed E-state index contributed by atoms with van der Waals surface area (Å²) in [5.41, 5.74) is 5.47. The molecular formula is C18H30N2O. The summed E-state index contributed by atoms with van der Waals surface area (Å²) >= 11 is 0. The number of aryl methyl sites for hydroxylation is 1. The second-order valence-corrected chi connectivity index (χ2v) is 6.54. The van der Waals surface area contributed by atoms with Crippen LogP contribution in [0.4, 0.5) is 0 Å². The summed E-state index contributed by atoms with van der Waals surface area (Å²) in [6, 6.07) is 8.91. The first-order chi connectivity index (χ1) is 10.1. The van der Waals surface area contributed by atoms with E-state index in [1.165, 1.54) is 30.4 Å². The quantitative estimate of drug-likeness (QED) is 0.620. The van der Waals surface area contributed by atoms with Gasteiger partial charge in [0.05, 0.1) is 11.6 Å². The van der Waals surface area contributed by atoms with Gasteiger partial charge in [0.25, 0.3) is 0 Å². The number of rotatable bonds is 6. The SMILES string of the molecule is CCCc1ccc(C(NN)C2(OC)CCC(C)CC2)cc1. The average Bonchev–Trinajstić information content (AvgIpc) is 2.52. The molecule has 0 radical (unpaired) electrons. The zero-order valence-electron chi connectivity index (χ0n) is 13.7. The van der Waals surface area contributed by atoms with E-state index in [2.05, 4.69) is 43.5 Å². The molecule has 2 rings (SSSR count). The van der Waals surface area contributed by atoms with Gasteiger partial charge < -0.3 is 4.74 Å². The zero-order valence-corrected chi connectivity index (χ0v) is 13.7. The number of nitrogens with one attached hydrogen (secondary N) is 1. The van der Waals surface area contributed by atoms with E-state index in [-0.39, 0.29) is 11.6 Å². The van der Waals surface area contributed by atoms with Crippen LogP contribution in [0.15, 0.2) is 24.3 Å². The van der Waals surface area contributed by atoms with Gasteiger partial charge in [0.1, 0.15) is 0 Å². The van der Waals surface area contributed by atoms with Gasteiger partial charge in [-0.05, 0) is 49.1 Å². The van der Waals surface area contributed by atoms with Crippen LogP contribution in [0.5, 0.6) is 0 Å².